The maximum Gasteiger partial charge on any atom is 0.295 e. The number of likely N-dealkylation sites (tertiary alicyclic amines) is 1. The quantitative estimate of drug-likeness (QED) is 0.261. The Bertz CT molecular complexity index is 1300. The van der Waals surface area contributed by atoms with Crippen LogP contribution in [0.4, 0.5) is 5.69 Å². The second-order valence-corrected chi connectivity index (χ2v) is 8.79. The largest absolute Gasteiger partial charge is 0.507 e. The summed E-state index contributed by atoms with van der Waals surface area (Å²) in [5.74, 6) is -0.762. The molecule has 8 heteroatoms. The zero-order chi connectivity index (χ0) is 26.5. The molecule has 1 N–H and O–H groups in total. The molecular weight excluding hydrogens is 470 g/mol. The summed E-state index contributed by atoms with van der Waals surface area (Å²) in [5, 5.41) is 11.5. The molecule has 8 nitrogen and oxygen atoms in total. The molecule has 1 unspecified atom stereocenters. The van der Waals surface area contributed by atoms with Crippen LogP contribution in [0.15, 0.2) is 72.6 Å². The molecule has 4 rings (SSSR count). The average molecular weight is 502 g/mol. The van der Waals surface area contributed by atoms with Crippen LogP contribution in [0.2, 0.25) is 0 Å². The number of Topliss-reactive ketones (excluding diaryl/α,β-unsaturated/α-hetero) is 1. The van der Waals surface area contributed by atoms with Crippen molar-refractivity contribution in [2.45, 2.75) is 26.4 Å². The van der Waals surface area contributed by atoms with Crippen molar-refractivity contribution in [2.24, 2.45) is 0 Å². The number of pyridine rings is 1. The molecule has 2 heterocycles. The second-order valence-electron chi connectivity index (χ2n) is 8.79. The lowest BCUT2D eigenvalue weighted by atomic mass is 9.94. The van der Waals surface area contributed by atoms with E-state index in [2.05, 4.69) is 4.98 Å². The summed E-state index contributed by atoms with van der Waals surface area (Å²) in [5.41, 5.74) is 2.84. The molecule has 1 aliphatic heterocycles. The van der Waals surface area contributed by atoms with Gasteiger partial charge >= 0.3 is 0 Å². The summed E-state index contributed by atoms with van der Waals surface area (Å²) in [6.45, 7) is 4.71. The molecule has 1 fully saturated rings. The predicted molar refractivity (Wildman–Crippen MR) is 142 cm³/mol. The van der Waals surface area contributed by atoms with Crippen LogP contribution in [0.1, 0.15) is 36.6 Å². The van der Waals surface area contributed by atoms with Crippen LogP contribution in [0.3, 0.4) is 0 Å². The summed E-state index contributed by atoms with van der Waals surface area (Å²) in [7, 11) is 3.87. The van der Waals surface area contributed by atoms with E-state index in [9.17, 15) is 14.7 Å². The molecule has 0 spiro atoms. The van der Waals surface area contributed by atoms with E-state index in [1.807, 2.05) is 57.1 Å². The summed E-state index contributed by atoms with van der Waals surface area (Å²) < 4.78 is 11.4. The van der Waals surface area contributed by atoms with Crippen molar-refractivity contribution in [3.8, 4) is 11.5 Å². The molecule has 1 saturated heterocycles. The van der Waals surface area contributed by atoms with Gasteiger partial charge in [0.2, 0.25) is 0 Å². The third-order valence-electron chi connectivity index (χ3n) is 6.19. The first-order chi connectivity index (χ1) is 17.8. The number of rotatable bonds is 9. The number of benzene rings is 2. The Morgan fingerprint density at radius 2 is 1.65 bits per heavy atom. The van der Waals surface area contributed by atoms with E-state index in [0.29, 0.717) is 35.8 Å². The number of aliphatic hydroxyl groups is 1. The highest BCUT2D eigenvalue weighted by atomic mass is 16.5. The number of hydrogen-bond acceptors (Lipinski definition) is 7. The maximum absolute atomic E-state index is 13.4. The van der Waals surface area contributed by atoms with Gasteiger partial charge in [-0.25, -0.2) is 0 Å². The van der Waals surface area contributed by atoms with Gasteiger partial charge in [-0.2, -0.15) is 0 Å². The number of aliphatic hydroxyl groups excluding tert-OH is 1. The standard InChI is InChI=1S/C29H31N3O5/c1-5-36-22-11-12-23(24(17-22)37-6-2)27(33)25-26(20-7-9-21(10-8-20)31(3)4)32(29(35)28(25)34)18-19-13-15-30-16-14-19/h7-17,26,33H,5-6,18H2,1-4H3/b27-25-. The van der Waals surface area contributed by atoms with Crippen LogP contribution >= 0.6 is 0 Å². The minimum atomic E-state index is -0.787. The van der Waals surface area contributed by atoms with E-state index >= 15 is 0 Å². The van der Waals surface area contributed by atoms with E-state index in [4.69, 9.17) is 9.47 Å². The Hall–Kier alpha value is -4.33. The van der Waals surface area contributed by atoms with Gasteiger partial charge in [-0.05, 0) is 61.4 Å². The molecule has 37 heavy (non-hydrogen) atoms. The number of nitrogens with zero attached hydrogens (tertiary/aromatic N) is 3. The van der Waals surface area contributed by atoms with Gasteiger partial charge in [0.25, 0.3) is 11.7 Å². The van der Waals surface area contributed by atoms with Crippen molar-refractivity contribution in [3.63, 3.8) is 0 Å². The first kappa shape index (κ1) is 25.8. The van der Waals surface area contributed by atoms with Gasteiger partial charge in [0.05, 0.1) is 30.4 Å². The topological polar surface area (TPSA) is 92.2 Å². The van der Waals surface area contributed by atoms with Gasteiger partial charge in [0.15, 0.2) is 0 Å². The molecule has 0 saturated carbocycles. The van der Waals surface area contributed by atoms with E-state index in [-0.39, 0.29) is 17.9 Å². The molecule has 2 aromatic carbocycles. The van der Waals surface area contributed by atoms with Crippen LogP contribution < -0.4 is 14.4 Å². The van der Waals surface area contributed by atoms with E-state index < -0.39 is 17.7 Å². The van der Waals surface area contributed by atoms with Gasteiger partial charge in [-0.3, -0.25) is 14.6 Å². The molecule has 192 valence electrons. The molecule has 1 amide bonds. The van der Waals surface area contributed by atoms with Crippen LogP contribution in [0.5, 0.6) is 11.5 Å². The van der Waals surface area contributed by atoms with Gasteiger partial charge in [0, 0.05) is 44.8 Å². The van der Waals surface area contributed by atoms with Gasteiger partial charge < -0.3 is 24.4 Å². The Kier molecular flexibility index (Phi) is 7.77. The number of aromatic nitrogens is 1. The fourth-order valence-corrected chi connectivity index (χ4v) is 4.40. The molecule has 1 atom stereocenters. The van der Waals surface area contributed by atoms with Crippen LogP contribution in [0, 0.1) is 0 Å². The maximum atomic E-state index is 13.4. The minimum absolute atomic E-state index is 0.0155. The summed E-state index contributed by atoms with van der Waals surface area (Å²) >= 11 is 0. The van der Waals surface area contributed by atoms with E-state index in [1.54, 1.807) is 42.7 Å². The Labute approximate surface area is 216 Å². The lowest BCUT2D eigenvalue weighted by Gasteiger charge is -2.26. The zero-order valence-corrected chi connectivity index (χ0v) is 21.5. The zero-order valence-electron chi connectivity index (χ0n) is 21.5. The molecule has 0 aliphatic carbocycles. The Morgan fingerprint density at radius 1 is 0.973 bits per heavy atom. The van der Waals surface area contributed by atoms with Gasteiger partial charge in [-0.1, -0.05) is 12.1 Å². The Morgan fingerprint density at radius 3 is 2.27 bits per heavy atom. The molecule has 1 aromatic heterocycles. The first-order valence-electron chi connectivity index (χ1n) is 12.2. The van der Waals surface area contributed by atoms with Crippen molar-refractivity contribution < 1.29 is 24.2 Å². The van der Waals surface area contributed by atoms with E-state index in [0.717, 1.165) is 11.3 Å². The van der Waals surface area contributed by atoms with Gasteiger partial charge in [-0.15, -0.1) is 0 Å². The SMILES string of the molecule is CCOc1ccc(/C(O)=C2/C(=O)C(=O)N(Cc3ccncc3)C2c2ccc(N(C)C)cc2)c(OCC)c1. The number of ketones is 1. The highest BCUT2D eigenvalue weighted by molar-refractivity contribution is 6.46. The summed E-state index contributed by atoms with van der Waals surface area (Å²) in [4.78, 5) is 34.2. The number of carbonyl (C=O) groups is 2. The number of ether oxygens (including phenoxy) is 2. The highest BCUT2D eigenvalue weighted by Gasteiger charge is 2.46. The third-order valence-corrected chi connectivity index (χ3v) is 6.19. The fourth-order valence-electron chi connectivity index (χ4n) is 4.40. The smallest absolute Gasteiger partial charge is 0.295 e. The number of carbonyl (C=O) groups excluding carboxylic acids is 2. The summed E-state index contributed by atoms with van der Waals surface area (Å²) in [6.07, 6.45) is 3.28. The lowest BCUT2D eigenvalue weighted by molar-refractivity contribution is -0.140. The van der Waals surface area contributed by atoms with Crippen molar-refractivity contribution in [1.29, 1.82) is 0 Å². The normalized spacial score (nSPS) is 16.6. The van der Waals surface area contributed by atoms with Crippen molar-refractivity contribution in [2.75, 3.05) is 32.2 Å². The molecule has 0 bridgehead atoms. The predicted octanol–water partition coefficient (Wildman–Crippen LogP) is 4.57. The monoisotopic (exact) mass is 501 g/mol. The lowest BCUT2D eigenvalue weighted by Crippen LogP contribution is -2.29. The summed E-state index contributed by atoms with van der Waals surface area (Å²) in [6, 6.07) is 15.4. The van der Waals surface area contributed by atoms with Gasteiger partial charge in [0.1, 0.15) is 17.3 Å². The molecule has 0 radical (unpaired) electrons. The van der Waals surface area contributed by atoms with Crippen LogP contribution in [0.25, 0.3) is 5.76 Å². The minimum Gasteiger partial charge on any atom is -0.507 e. The Balaban J connectivity index is 1.87. The highest BCUT2D eigenvalue weighted by Crippen LogP contribution is 2.42. The number of hydrogen-bond donors (Lipinski definition) is 1. The van der Waals surface area contributed by atoms with Crippen LogP contribution in [-0.2, 0) is 16.1 Å². The van der Waals surface area contributed by atoms with Crippen molar-refractivity contribution in [1.82, 2.24) is 9.88 Å². The van der Waals surface area contributed by atoms with Crippen molar-refractivity contribution >= 4 is 23.1 Å². The average Bonchev–Trinajstić information content (AvgIpc) is 3.14. The molecular formula is C29H31N3O5. The first-order valence-corrected chi connectivity index (χ1v) is 12.2. The van der Waals surface area contributed by atoms with E-state index in [1.165, 1.54) is 4.90 Å². The molecule has 1 aliphatic rings. The van der Waals surface area contributed by atoms with Crippen molar-refractivity contribution in [3.05, 3.63) is 89.3 Å². The number of anilines is 1. The third kappa shape index (κ3) is 5.28. The second kappa shape index (κ2) is 11.2. The fraction of sp³-hybridized carbons (Fsp3) is 0.276. The van der Waals surface area contributed by atoms with Crippen LogP contribution in [-0.4, -0.2) is 54.0 Å². The number of amides is 1. The molecule has 3 aromatic rings.